The molecule has 0 unspecified atom stereocenters. The Morgan fingerprint density at radius 1 is 1.31 bits per heavy atom. The van der Waals surface area contributed by atoms with Gasteiger partial charge in [0.15, 0.2) is 0 Å². The number of hydrogen-bond acceptors (Lipinski definition) is 4. The minimum absolute atomic E-state index is 0.0903. The van der Waals surface area contributed by atoms with Crippen LogP contribution in [0.5, 0.6) is 0 Å². The lowest BCUT2D eigenvalue weighted by Crippen LogP contribution is -2.37. The molecule has 1 fully saturated rings. The number of hydrogen-bond donors (Lipinski definition) is 0. The van der Waals surface area contributed by atoms with Crippen LogP contribution in [0.4, 0.5) is 0 Å². The molecular formula is C12H21NO3. The average molecular weight is 227 g/mol. The van der Waals surface area contributed by atoms with Gasteiger partial charge in [0.25, 0.3) is 0 Å². The molecule has 1 aliphatic rings. The van der Waals surface area contributed by atoms with E-state index in [4.69, 9.17) is 4.74 Å². The highest BCUT2D eigenvalue weighted by molar-refractivity contribution is 5.77. The fraction of sp³-hybridized carbons (Fsp3) is 0.833. The van der Waals surface area contributed by atoms with Crippen molar-refractivity contribution in [1.82, 2.24) is 4.90 Å². The van der Waals surface area contributed by atoms with Gasteiger partial charge in [0, 0.05) is 6.42 Å². The van der Waals surface area contributed by atoms with E-state index in [-0.39, 0.29) is 11.8 Å². The molecule has 0 aromatic rings. The fourth-order valence-electron chi connectivity index (χ4n) is 2.12. The SMILES string of the molecule is CCOC(=O)CC1CCN(CC(C)=O)CC1. The number of likely N-dealkylation sites (tertiary alicyclic amines) is 1. The van der Waals surface area contributed by atoms with Gasteiger partial charge in [-0.2, -0.15) is 0 Å². The molecule has 0 atom stereocenters. The van der Waals surface area contributed by atoms with Crippen LogP contribution in [-0.2, 0) is 14.3 Å². The largest absolute Gasteiger partial charge is 0.466 e. The van der Waals surface area contributed by atoms with Gasteiger partial charge in [0.1, 0.15) is 5.78 Å². The number of nitrogens with zero attached hydrogens (tertiary/aromatic N) is 1. The second kappa shape index (κ2) is 6.63. The Labute approximate surface area is 96.9 Å². The maximum atomic E-state index is 11.3. The smallest absolute Gasteiger partial charge is 0.306 e. The molecule has 1 rings (SSSR count). The lowest BCUT2D eigenvalue weighted by Gasteiger charge is -2.30. The van der Waals surface area contributed by atoms with Gasteiger partial charge in [-0.3, -0.25) is 14.5 Å². The topological polar surface area (TPSA) is 46.6 Å². The van der Waals surface area contributed by atoms with Crippen molar-refractivity contribution < 1.29 is 14.3 Å². The number of rotatable bonds is 5. The summed E-state index contributed by atoms with van der Waals surface area (Å²) >= 11 is 0. The molecule has 0 aromatic carbocycles. The Bertz CT molecular complexity index is 245. The zero-order valence-corrected chi connectivity index (χ0v) is 10.2. The highest BCUT2D eigenvalue weighted by Crippen LogP contribution is 2.20. The van der Waals surface area contributed by atoms with Crippen LogP contribution in [0.3, 0.4) is 0 Å². The van der Waals surface area contributed by atoms with Crippen molar-refractivity contribution in [2.75, 3.05) is 26.2 Å². The molecule has 1 aliphatic heterocycles. The second-order valence-electron chi connectivity index (χ2n) is 4.43. The summed E-state index contributed by atoms with van der Waals surface area (Å²) in [7, 11) is 0. The Morgan fingerprint density at radius 3 is 2.44 bits per heavy atom. The molecule has 0 spiro atoms. The molecule has 16 heavy (non-hydrogen) atoms. The second-order valence-corrected chi connectivity index (χ2v) is 4.43. The summed E-state index contributed by atoms with van der Waals surface area (Å²) < 4.78 is 4.93. The minimum atomic E-state index is -0.0903. The standard InChI is InChI=1S/C12H21NO3/c1-3-16-12(15)8-11-4-6-13(7-5-11)9-10(2)14/h11H,3-9H2,1-2H3. The van der Waals surface area contributed by atoms with Gasteiger partial charge in [-0.15, -0.1) is 0 Å². The molecule has 1 heterocycles. The van der Waals surface area contributed by atoms with E-state index in [0.29, 0.717) is 25.5 Å². The van der Waals surface area contributed by atoms with E-state index in [0.717, 1.165) is 25.9 Å². The highest BCUT2D eigenvalue weighted by atomic mass is 16.5. The summed E-state index contributed by atoms with van der Waals surface area (Å²) in [4.78, 5) is 24.4. The molecule has 0 amide bonds. The van der Waals surface area contributed by atoms with Gasteiger partial charge in [0.2, 0.25) is 0 Å². The summed E-state index contributed by atoms with van der Waals surface area (Å²) in [6.07, 6.45) is 2.51. The first-order valence-electron chi connectivity index (χ1n) is 5.99. The van der Waals surface area contributed by atoms with Crippen molar-refractivity contribution in [2.24, 2.45) is 5.92 Å². The van der Waals surface area contributed by atoms with E-state index >= 15 is 0 Å². The van der Waals surface area contributed by atoms with Crippen molar-refractivity contribution >= 4 is 11.8 Å². The Hall–Kier alpha value is -0.900. The van der Waals surface area contributed by atoms with Gasteiger partial charge in [-0.05, 0) is 45.7 Å². The number of piperidine rings is 1. The van der Waals surface area contributed by atoms with Crippen molar-refractivity contribution in [3.8, 4) is 0 Å². The monoisotopic (exact) mass is 227 g/mol. The normalized spacial score (nSPS) is 18.4. The molecule has 4 nitrogen and oxygen atoms in total. The molecule has 4 heteroatoms. The van der Waals surface area contributed by atoms with Crippen molar-refractivity contribution in [1.29, 1.82) is 0 Å². The van der Waals surface area contributed by atoms with Crippen molar-refractivity contribution in [3.63, 3.8) is 0 Å². The Morgan fingerprint density at radius 2 is 1.94 bits per heavy atom. The summed E-state index contributed by atoms with van der Waals surface area (Å²) in [5, 5.41) is 0. The van der Waals surface area contributed by atoms with Gasteiger partial charge in [0.05, 0.1) is 13.2 Å². The van der Waals surface area contributed by atoms with Gasteiger partial charge in [-0.1, -0.05) is 0 Å². The lowest BCUT2D eigenvalue weighted by molar-refractivity contribution is -0.144. The first-order chi connectivity index (χ1) is 7.61. The van der Waals surface area contributed by atoms with E-state index in [1.54, 1.807) is 6.92 Å². The molecule has 0 N–H and O–H groups in total. The van der Waals surface area contributed by atoms with Crippen LogP contribution in [0, 0.1) is 5.92 Å². The Balaban J connectivity index is 2.21. The number of ketones is 1. The number of carbonyl (C=O) groups excluding carboxylic acids is 2. The fourth-order valence-corrected chi connectivity index (χ4v) is 2.12. The third-order valence-electron chi connectivity index (χ3n) is 2.91. The van der Waals surface area contributed by atoms with Crippen LogP contribution in [0.2, 0.25) is 0 Å². The number of esters is 1. The summed E-state index contributed by atoms with van der Waals surface area (Å²) in [5.41, 5.74) is 0. The quantitative estimate of drug-likeness (QED) is 0.663. The predicted octanol–water partition coefficient (Wildman–Crippen LogP) is 1.24. The summed E-state index contributed by atoms with van der Waals surface area (Å²) in [6, 6.07) is 0. The lowest BCUT2D eigenvalue weighted by atomic mass is 9.93. The van der Waals surface area contributed by atoms with Crippen LogP contribution in [0.15, 0.2) is 0 Å². The van der Waals surface area contributed by atoms with Crippen LogP contribution < -0.4 is 0 Å². The number of Topliss-reactive ketones (excluding diaryl/α,β-unsaturated/α-hetero) is 1. The molecule has 0 saturated carbocycles. The maximum Gasteiger partial charge on any atom is 0.306 e. The van der Waals surface area contributed by atoms with E-state index < -0.39 is 0 Å². The highest BCUT2D eigenvalue weighted by Gasteiger charge is 2.22. The summed E-state index contributed by atoms with van der Waals surface area (Å²) in [5.74, 6) is 0.554. The van der Waals surface area contributed by atoms with Gasteiger partial charge < -0.3 is 4.74 Å². The summed E-state index contributed by atoms with van der Waals surface area (Å²) in [6.45, 7) is 6.29. The molecule has 92 valence electrons. The molecule has 0 aliphatic carbocycles. The van der Waals surface area contributed by atoms with Crippen LogP contribution in [-0.4, -0.2) is 42.9 Å². The molecule has 0 aromatic heterocycles. The van der Waals surface area contributed by atoms with Gasteiger partial charge in [-0.25, -0.2) is 0 Å². The average Bonchev–Trinajstić information content (AvgIpc) is 2.20. The number of carbonyl (C=O) groups is 2. The Kier molecular flexibility index (Phi) is 5.46. The van der Waals surface area contributed by atoms with Crippen LogP contribution in [0.25, 0.3) is 0 Å². The molecule has 0 bridgehead atoms. The van der Waals surface area contributed by atoms with E-state index in [1.165, 1.54) is 0 Å². The zero-order chi connectivity index (χ0) is 12.0. The van der Waals surface area contributed by atoms with Crippen molar-refractivity contribution in [2.45, 2.75) is 33.1 Å². The zero-order valence-electron chi connectivity index (χ0n) is 10.2. The predicted molar refractivity (Wildman–Crippen MR) is 61.1 cm³/mol. The van der Waals surface area contributed by atoms with E-state index in [2.05, 4.69) is 4.90 Å². The molecule has 0 radical (unpaired) electrons. The number of ether oxygens (including phenoxy) is 1. The van der Waals surface area contributed by atoms with E-state index in [1.807, 2.05) is 6.92 Å². The molecular weight excluding hydrogens is 206 g/mol. The van der Waals surface area contributed by atoms with Crippen LogP contribution in [0.1, 0.15) is 33.1 Å². The minimum Gasteiger partial charge on any atom is -0.466 e. The van der Waals surface area contributed by atoms with Crippen LogP contribution >= 0.6 is 0 Å². The first kappa shape index (κ1) is 13.2. The van der Waals surface area contributed by atoms with Gasteiger partial charge >= 0.3 is 5.97 Å². The molecule has 1 saturated heterocycles. The maximum absolute atomic E-state index is 11.3. The third kappa shape index (κ3) is 4.75. The first-order valence-corrected chi connectivity index (χ1v) is 5.99. The van der Waals surface area contributed by atoms with E-state index in [9.17, 15) is 9.59 Å². The third-order valence-corrected chi connectivity index (χ3v) is 2.91. The van der Waals surface area contributed by atoms with Crippen molar-refractivity contribution in [3.05, 3.63) is 0 Å².